The highest BCUT2D eigenvalue weighted by atomic mass is 33.1. The van der Waals surface area contributed by atoms with Crippen molar-refractivity contribution in [1.29, 1.82) is 0 Å². The van der Waals surface area contributed by atoms with Crippen LogP contribution in [0.1, 0.15) is 13.8 Å². The molecule has 0 aromatic rings. The largest absolute Gasteiger partial charge is 0.354 e. The third kappa shape index (κ3) is 13.8. The van der Waals surface area contributed by atoms with Gasteiger partial charge in [-0.3, -0.25) is 19.2 Å². The van der Waals surface area contributed by atoms with Gasteiger partial charge in [-0.05, 0) is 13.8 Å². The second-order valence-electron chi connectivity index (χ2n) is 5.36. The first kappa shape index (κ1) is 24.5. The molecule has 0 radical (unpaired) electrons. The average molecular weight is 409 g/mol. The van der Waals surface area contributed by atoms with Crippen LogP contribution >= 0.6 is 21.6 Å². The molecule has 10 nitrogen and oxygen atoms in total. The van der Waals surface area contributed by atoms with Crippen molar-refractivity contribution in [1.82, 2.24) is 21.3 Å². The molecule has 0 rings (SSSR count). The van der Waals surface area contributed by atoms with Gasteiger partial charge in [-0.1, -0.05) is 21.6 Å². The van der Waals surface area contributed by atoms with E-state index in [-0.39, 0.29) is 36.7 Å². The number of nitrogens with one attached hydrogen (secondary N) is 4. The average Bonchev–Trinajstić information content (AvgIpc) is 2.59. The van der Waals surface area contributed by atoms with Crippen molar-refractivity contribution in [2.24, 2.45) is 11.5 Å². The van der Waals surface area contributed by atoms with Gasteiger partial charge in [0.1, 0.15) is 0 Å². The van der Waals surface area contributed by atoms with Gasteiger partial charge in [-0.25, -0.2) is 0 Å². The van der Waals surface area contributed by atoms with Crippen LogP contribution in [0.5, 0.6) is 0 Å². The highest BCUT2D eigenvalue weighted by Crippen LogP contribution is 2.19. The topological polar surface area (TPSA) is 168 Å². The molecule has 0 spiro atoms. The summed E-state index contributed by atoms with van der Waals surface area (Å²) in [4.78, 5) is 45.3. The molecule has 0 saturated carbocycles. The standard InChI is InChI=1S/C14H28N6O4S2/c1-9(15)13(23)19-7-11(21)17-3-5-25-26-6-4-18-12(22)8-20-14(24)10(2)16/h9-10H,3-8,15-16H2,1-2H3,(H,17,21)(H,18,22)(H,19,23)(H,20,24)/t9-,10+. The summed E-state index contributed by atoms with van der Waals surface area (Å²) in [6.07, 6.45) is 0. The Hall–Kier alpha value is -1.50. The molecule has 12 heteroatoms. The molecule has 4 amide bonds. The molecule has 0 fully saturated rings. The predicted molar refractivity (Wildman–Crippen MR) is 104 cm³/mol. The summed E-state index contributed by atoms with van der Waals surface area (Å²) >= 11 is 0. The van der Waals surface area contributed by atoms with E-state index in [1.807, 2.05) is 0 Å². The summed E-state index contributed by atoms with van der Waals surface area (Å²) in [6, 6.07) is -1.29. The van der Waals surface area contributed by atoms with Crippen LogP contribution in [0, 0.1) is 0 Å². The molecule has 0 heterocycles. The molecule has 0 aromatic carbocycles. The maximum absolute atomic E-state index is 11.5. The SMILES string of the molecule is C[C@H](N)C(=O)NCC(=O)NCCSSCCNC(=O)CNC(=O)[C@@H](C)N. The van der Waals surface area contributed by atoms with E-state index in [4.69, 9.17) is 11.5 Å². The fourth-order valence-electron chi connectivity index (χ4n) is 1.36. The smallest absolute Gasteiger partial charge is 0.239 e. The molecule has 0 aromatic heterocycles. The fourth-order valence-corrected chi connectivity index (χ4v) is 3.18. The van der Waals surface area contributed by atoms with Crippen LogP contribution in [0.4, 0.5) is 0 Å². The number of hydrogen-bond donors (Lipinski definition) is 6. The maximum Gasteiger partial charge on any atom is 0.239 e. The van der Waals surface area contributed by atoms with E-state index >= 15 is 0 Å². The first-order valence-corrected chi connectivity index (χ1v) is 10.6. The number of carbonyl (C=O) groups excluding carboxylic acids is 4. The van der Waals surface area contributed by atoms with E-state index in [9.17, 15) is 19.2 Å². The normalized spacial score (nSPS) is 12.6. The molecule has 0 aliphatic carbocycles. The molecule has 150 valence electrons. The Bertz CT molecular complexity index is 434. The summed E-state index contributed by atoms with van der Waals surface area (Å²) in [6.45, 7) is 3.84. The summed E-state index contributed by atoms with van der Waals surface area (Å²) in [5.41, 5.74) is 10.7. The summed E-state index contributed by atoms with van der Waals surface area (Å²) < 4.78 is 0. The van der Waals surface area contributed by atoms with Crippen molar-refractivity contribution in [2.45, 2.75) is 25.9 Å². The van der Waals surface area contributed by atoms with Gasteiger partial charge in [0.05, 0.1) is 25.2 Å². The van der Waals surface area contributed by atoms with Crippen molar-refractivity contribution < 1.29 is 19.2 Å². The molecule has 0 aliphatic rings. The van der Waals surface area contributed by atoms with Gasteiger partial charge in [0.15, 0.2) is 0 Å². The number of amides is 4. The van der Waals surface area contributed by atoms with Crippen LogP contribution in [-0.2, 0) is 19.2 Å². The second-order valence-corrected chi connectivity index (χ2v) is 8.06. The van der Waals surface area contributed by atoms with Crippen molar-refractivity contribution >= 4 is 45.2 Å². The third-order valence-corrected chi connectivity index (χ3v) is 5.18. The van der Waals surface area contributed by atoms with Crippen molar-refractivity contribution in [2.75, 3.05) is 37.7 Å². The van der Waals surface area contributed by atoms with Crippen LogP contribution in [0.25, 0.3) is 0 Å². The van der Waals surface area contributed by atoms with Gasteiger partial charge in [0.2, 0.25) is 23.6 Å². The van der Waals surface area contributed by atoms with Crippen LogP contribution < -0.4 is 32.7 Å². The Labute approximate surface area is 161 Å². The zero-order valence-corrected chi connectivity index (χ0v) is 16.6. The first-order valence-electron chi connectivity index (χ1n) is 8.08. The van der Waals surface area contributed by atoms with Crippen LogP contribution in [0.2, 0.25) is 0 Å². The lowest BCUT2D eigenvalue weighted by Crippen LogP contribution is -2.43. The van der Waals surface area contributed by atoms with Gasteiger partial charge in [0.25, 0.3) is 0 Å². The van der Waals surface area contributed by atoms with E-state index in [0.717, 1.165) is 0 Å². The molecular weight excluding hydrogens is 380 g/mol. The van der Waals surface area contributed by atoms with Crippen LogP contribution in [0.3, 0.4) is 0 Å². The molecule has 0 aliphatic heterocycles. The predicted octanol–water partition coefficient (Wildman–Crippen LogP) is -2.47. The highest BCUT2D eigenvalue weighted by molar-refractivity contribution is 8.76. The van der Waals surface area contributed by atoms with Gasteiger partial charge < -0.3 is 32.7 Å². The zero-order chi connectivity index (χ0) is 19.9. The van der Waals surface area contributed by atoms with Crippen LogP contribution in [0.15, 0.2) is 0 Å². The van der Waals surface area contributed by atoms with Crippen molar-refractivity contribution in [3.63, 3.8) is 0 Å². The Morgan fingerprint density at radius 1 is 0.731 bits per heavy atom. The minimum absolute atomic E-state index is 0.0936. The molecule has 26 heavy (non-hydrogen) atoms. The number of hydrogen-bond acceptors (Lipinski definition) is 8. The van der Waals surface area contributed by atoms with Gasteiger partial charge >= 0.3 is 0 Å². The minimum atomic E-state index is -0.643. The monoisotopic (exact) mass is 408 g/mol. The van der Waals surface area contributed by atoms with Gasteiger partial charge in [-0.15, -0.1) is 0 Å². The Morgan fingerprint density at radius 2 is 1.08 bits per heavy atom. The van der Waals surface area contributed by atoms with E-state index in [2.05, 4.69) is 21.3 Å². The maximum atomic E-state index is 11.5. The lowest BCUT2D eigenvalue weighted by Gasteiger charge is -2.09. The molecule has 0 bridgehead atoms. The molecule has 0 unspecified atom stereocenters. The lowest BCUT2D eigenvalue weighted by atomic mass is 10.3. The van der Waals surface area contributed by atoms with E-state index < -0.39 is 12.1 Å². The summed E-state index contributed by atoms with van der Waals surface area (Å²) in [7, 11) is 3.11. The van der Waals surface area contributed by atoms with E-state index in [1.54, 1.807) is 35.4 Å². The second kappa shape index (κ2) is 14.6. The molecular formula is C14H28N6O4S2. The molecule has 0 saturated heterocycles. The summed E-state index contributed by atoms with van der Waals surface area (Å²) in [5.74, 6) is 0.0939. The van der Waals surface area contributed by atoms with Crippen molar-refractivity contribution in [3.05, 3.63) is 0 Å². The minimum Gasteiger partial charge on any atom is -0.354 e. The van der Waals surface area contributed by atoms with Gasteiger partial charge in [-0.2, -0.15) is 0 Å². The van der Waals surface area contributed by atoms with Gasteiger partial charge in [0, 0.05) is 24.6 Å². The number of rotatable bonds is 13. The van der Waals surface area contributed by atoms with Crippen LogP contribution in [-0.4, -0.2) is 73.4 Å². The lowest BCUT2D eigenvalue weighted by molar-refractivity contribution is -0.126. The molecule has 8 N–H and O–H groups in total. The number of nitrogens with two attached hydrogens (primary N) is 2. The van der Waals surface area contributed by atoms with Crippen molar-refractivity contribution in [3.8, 4) is 0 Å². The summed E-state index contributed by atoms with van der Waals surface area (Å²) in [5, 5.41) is 10.2. The number of carbonyl (C=O) groups is 4. The molecule has 2 atom stereocenters. The first-order chi connectivity index (χ1) is 12.2. The zero-order valence-electron chi connectivity index (χ0n) is 15.0. The quantitative estimate of drug-likeness (QED) is 0.144. The third-order valence-electron chi connectivity index (χ3n) is 2.77. The Balaban J connectivity index is 3.48. The Morgan fingerprint density at radius 3 is 1.38 bits per heavy atom. The van der Waals surface area contributed by atoms with E-state index in [1.165, 1.54) is 0 Å². The highest BCUT2D eigenvalue weighted by Gasteiger charge is 2.09. The Kier molecular flexibility index (Phi) is 13.8. The fraction of sp³-hybridized carbons (Fsp3) is 0.714. The van der Waals surface area contributed by atoms with E-state index in [0.29, 0.717) is 24.6 Å².